The van der Waals surface area contributed by atoms with Crippen LogP contribution in [-0.2, 0) is 0 Å². The van der Waals surface area contributed by atoms with E-state index >= 15 is 0 Å². The first-order chi connectivity index (χ1) is 11.4. The molecule has 2 fully saturated rings. The molecule has 2 aliphatic rings. The van der Waals surface area contributed by atoms with Gasteiger partial charge in [-0.2, -0.15) is 4.99 Å². The van der Waals surface area contributed by atoms with Crippen LogP contribution in [0.3, 0.4) is 0 Å². The second-order valence-corrected chi connectivity index (χ2v) is 7.69. The molecular formula is C21H29NS. The Hall–Kier alpha value is -0.980. The van der Waals surface area contributed by atoms with E-state index in [1.165, 1.54) is 76.2 Å². The second-order valence-electron chi connectivity index (χ2n) is 7.51. The Morgan fingerprint density at radius 3 is 1.91 bits per heavy atom. The van der Waals surface area contributed by atoms with E-state index in [-0.39, 0.29) is 0 Å². The van der Waals surface area contributed by atoms with E-state index in [2.05, 4.69) is 46.6 Å². The van der Waals surface area contributed by atoms with Gasteiger partial charge in [0.2, 0.25) is 0 Å². The Kier molecular flexibility index (Phi) is 6.42. The zero-order valence-electron chi connectivity index (χ0n) is 14.2. The SMILES string of the molecule is S=C=Nc1ccc(C2CCC(C3CCCCCCC3)CC2)cc1. The van der Waals surface area contributed by atoms with Gasteiger partial charge in [-0.3, -0.25) is 0 Å². The normalized spacial score (nSPS) is 26.8. The molecule has 0 radical (unpaired) electrons. The minimum atomic E-state index is 0.755. The van der Waals surface area contributed by atoms with Gasteiger partial charge >= 0.3 is 0 Å². The van der Waals surface area contributed by atoms with Crippen LogP contribution in [0.5, 0.6) is 0 Å². The van der Waals surface area contributed by atoms with Crippen LogP contribution in [0.2, 0.25) is 0 Å². The Morgan fingerprint density at radius 1 is 0.739 bits per heavy atom. The Morgan fingerprint density at radius 2 is 1.30 bits per heavy atom. The molecule has 2 saturated carbocycles. The molecular weight excluding hydrogens is 298 g/mol. The van der Waals surface area contributed by atoms with E-state index < -0.39 is 0 Å². The molecule has 0 saturated heterocycles. The summed E-state index contributed by atoms with van der Waals surface area (Å²) in [6, 6.07) is 8.64. The van der Waals surface area contributed by atoms with Gasteiger partial charge in [-0.15, -0.1) is 0 Å². The molecule has 0 atom stereocenters. The van der Waals surface area contributed by atoms with Crippen molar-refractivity contribution < 1.29 is 0 Å². The van der Waals surface area contributed by atoms with Gasteiger partial charge in [0, 0.05) is 0 Å². The van der Waals surface area contributed by atoms with Gasteiger partial charge in [0.05, 0.1) is 10.8 Å². The predicted octanol–water partition coefficient (Wildman–Crippen LogP) is 7.06. The summed E-state index contributed by atoms with van der Waals surface area (Å²) in [6.07, 6.45) is 16.0. The van der Waals surface area contributed by atoms with E-state index in [1.54, 1.807) is 0 Å². The number of thiocarbonyl (C=S) groups is 1. The summed E-state index contributed by atoms with van der Waals surface area (Å²) in [6.45, 7) is 0. The van der Waals surface area contributed by atoms with E-state index in [1.807, 2.05) is 0 Å². The van der Waals surface area contributed by atoms with E-state index in [9.17, 15) is 0 Å². The summed E-state index contributed by atoms with van der Waals surface area (Å²) in [5.41, 5.74) is 2.41. The van der Waals surface area contributed by atoms with Crippen molar-refractivity contribution in [3.05, 3.63) is 29.8 Å². The van der Waals surface area contributed by atoms with Crippen LogP contribution < -0.4 is 0 Å². The molecule has 0 bridgehead atoms. The molecule has 1 aromatic rings. The van der Waals surface area contributed by atoms with Gasteiger partial charge in [0.1, 0.15) is 0 Å². The van der Waals surface area contributed by atoms with Gasteiger partial charge < -0.3 is 0 Å². The zero-order chi connectivity index (χ0) is 15.9. The Labute approximate surface area is 146 Å². The van der Waals surface area contributed by atoms with Crippen LogP contribution in [0.4, 0.5) is 5.69 Å². The molecule has 0 unspecified atom stereocenters. The second kappa shape index (κ2) is 8.76. The van der Waals surface area contributed by atoms with Crippen molar-refractivity contribution in [3.63, 3.8) is 0 Å². The first-order valence-electron chi connectivity index (χ1n) is 9.54. The highest BCUT2D eigenvalue weighted by molar-refractivity contribution is 7.78. The molecule has 23 heavy (non-hydrogen) atoms. The molecule has 0 spiro atoms. The van der Waals surface area contributed by atoms with Crippen LogP contribution in [0.1, 0.15) is 82.1 Å². The van der Waals surface area contributed by atoms with Gasteiger partial charge in [-0.25, -0.2) is 0 Å². The van der Waals surface area contributed by atoms with Crippen molar-refractivity contribution >= 4 is 23.1 Å². The van der Waals surface area contributed by atoms with Crippen LogP contribution in [-0.4, -0.2) is 5.16 Å². The topological polar surface area (TPSA) is 12.4 Å². The van der Waals surface area contributed by atoms with Crippen molar-refractivity contribution in [1.29, 1.82) is 0 Å². The third kappa shape index (κ3) is 4.75. The number of benzene rings is 1. The fraction of sp³-hybridized carbons (Fsp3) is 0.667. The lowest BCUT2D eigenvalue weighted by molar-refractivity contribution is 0.197. The van der Waals surface area contributed by atoms with E-state index in [0.717, 1.165) is 23.4 Å². The monoisotopic (exact) mass is 327 g/mol. The third-order valence-electron chi connectivity index (χ3n) is 6.13. The molecule has 0 amide bonds. The number of hydrogen-bond donors (Lipinski definition) is 0. The van der Waals surface area contributed by atoms with Crippen molar-refractivity contribution in [2.24, 2.45) is 16.8 Å². The number of hydrogen-bond acceptors (Lipinski definition) is 2. The van der Waals surface area contributed by atoms with E-state index in [4.69, 9.17) is 0 Å². The van der Waals surface area contributed by atoms with Gasteiger partial charge in [0.25, 0.3) is 0 Å². The lowest BCUT2D eigenvalue weighted by Crippen LogP contribution is -2.22. The largest absolute Gasteiger partial charge is 0.195 e. The minimum Gasteiger partial charge on any atom is -0.195 e. The maximum absolute atomic E-state index is 4.67. The number of isothiocyanates is 1. The standard InChI is InChI=1S/C21H29NS/c23-16-22-21-14-12-20(13-15-21)19-10-8-18(9-11-19)17-6-4-2-1-3-5-7-17/h12-15,17-19H,1-11H2. The number of rotatable bonds is 3. The number of nitrogens with zero attached hydrogens (tertiary/aromatic N) is 1. The summed E-state index contributed by atoms with van der Waals surface area (Å²) in [5.74, 6) is 2.78. The molecule has 2 aliphatic carbocycles. The maximum Gasteiger partial charge on any atom is 0.0739 e. The fourth-order valence-corrected chi connectivity index (χ4v) is 4.86. The summed E-state index contributed by atoms with van der Waals surface area (Å²) in [5, 5.41) is 2.44. The molecule has 1 aromatic carbocycles. The number of aliphatic imine (C=N–C) groups is 1. The predicted molar refractivity (Wildman–Crippen MR) is 102 cm³/mol. The van der Waals surface area contributed by atoms with Crippen molar-refractivity contribution in [1.82, 2.24) is 0 Å². The maximum atomic E-state index is 4.67. The smallest absolute Gasteiger partial charge is 0.0739 e. The van der Waals surface area contributed by atoms with Crippen molar-refractivity contribution in [3.8, 4) is 0 Å². The zero-order valence-corrected chi connectivity index (χ0v) is 15.0. The lowest BCUT2D eigenvalue weighted by Gasteiger charge is -2.35. The summed E-state index contributed by atoms with van der Waals surface area (Å²) >= 11 is 4.67. The minimum absolute atomic E-state index is 0.755. The quantitative estimate of drug-likeness (QED) is 0.428. The van der Waals surface area contributed by atoms with Crippen molar-refractivity contribution in [2.75, 3.05) is 0 Å². The van der Waals surface area contributed by atoms with Crippen LogP contribution >= 0.6 is 12.2 Å². The average molecular weight is 328 g/mol. The molecule has 124 valence electrons. The molecule has 0 aliphatic heterocycles. The van der Waals surface area contributed by atoms with Gasteiger partial charge in [-0.1, -0.05) is 57.1 Å². The first kappa shape index (κ1) is 16.9. The Bertz CT molecular complexity index is 513. The summed E-state index contributed by atoms with van der Waals surface area (Å²) in [7, 11) is 0. The average Bonchev–Trinajstić information content (AvgIpc) is 2.56. The molecule has 2 heteroatoms. The van der Waals surface area contributed by atoms with E-state index in [0.29, 0.717) is 0 Å². The van der Waals surface area contributed by atoms with Crippen LogP contribution in [0.25, 0.3) is 0 Å². The lowest BCUT2D eigenvalue weighted by atomic mass is 9.71. The van der Waals surface area contributed by atoms with Gasteiger partial charge in [0.15, 0.2) is 0 Å². The van der Waals surface area contributed by atoms with Crippen molar-refractivity contribution in [2.45, 2.75) is 76.5 Å². The highest BCUT2D eigenvalue weighted by Gasteiger charge is 2.28. The molecule has 0 heterocycles. The highest BCUT2D eigenvalue weighted by Crippen LogP contribution is 2.42. The first-order valence-corrected chi connectivity index (χ1v) is 9.95. The molecule has 1 nitrogen and oxygen atoms in total. The summed E-state index contributed by atoms with van der Waals surface area (Å²) in [4.78, 5) is 4.05. The van der Waals surface area contributed by atoms with Crippen LogP contribution in [0.15, 0.2) is 29.3 Å². The fourth-order valence-electron chi connectivity index (χ4n) is 4.76. The Balaban J connectivity index is 1.53. The third-order valence-corrected chi connectivity index (χ3v) is 6.22. The molecule has 0 N–H and O–H groups in total. The molecule has 3 rings (SSSR count). The summed E-state index contributed by atoms with van der Waals surface area (Å²) < 4.78 is 0. The van der Waals surface area contributed by atoms with Gasteiger partial charge in [-0.05, 0) is 73.4 Å². The molecule has 0 aromatic heterocycles. The highest BCUT2D eigenvalue weighted by atomic mass is 32.1. The van der Waals surface area contributed by atoms with Crippen LogP contribution in [0, 0.1) is 11.8 Å².